The summed E-state index contributed by atoms with van der Waals surface area (Å²) in [6.45, 7) is 7.58. The van der Waals surface area contributed by atoms with Crippen LogP contribution in [0.15, 0.2) is 18.3 Å². The molecule has 0 aliphatic carbocycles. The van der Waals surface area contributed by atoms with Gasteiger partial charge < -0.3 is 4.90 Å². The van der Waals surface area contributed by atoms with E-state index >= 15 is 0 Å². The number of nitrogens with zero attached hydrogens (tertiary/aromatic N) is 3. The van der Waals surface area contributed by atoms with Gasteiger partial charge in [-0.1, -0.05) is 13.8 Å². The van der Waals surface area contributed by atoms with E-state index in [2.05, 4.69) is 23.7 Å². The number of hydrogen-bond donors (Lipinski definition) is 0. The molecule has 25 heavy (non-hydrogen) atoms. The summed E-state index contributed by atoms with van der Waals surface area (Å²) in [4.78, 5) is 20.2. The molecule has 1 spiro atoms. The molecule has 3 heterocycles. The molecule has 4 nitrogen and oxygen atoms in total. The minimum absolute atomic E-state index is 0.0120. The number of aromatic nitrogens is 1. The van der Waals surface area contributed by atoms with Crippen LogP contribution in [0.25, 0.3) is 0 Å². The largest absolute Gasteiger partial charge is 0.433 e. The molecule has 1 atom stereocenters. The van der Waals surface area contributed by atoms with Gasteiger partial charge in [0.15, 0.2) is 0 Å². The van der Waals surface area contributed by atoms with Gasteiger partial charge in [-0.3, -0.25) is 14.7 Å². The van der Waals surface area contributed by atoms with E-state index in [1.54, 1.807) is 4.90 Å². The van der Waals surface area contributed by atoms with Crippen LogP contribution in [0.5, 0.6) is 0 Å². The Labute approximate surface area is 146 Å². The number of pyridine rings is 1. The Bertz CT molecular complexity index is 647. The van der Waals surface area contributed by atoms with Crippen molar-refractivity contribution in [3.05, 3.63) is 29.6 Å². The zero-order valence-electron chi connectivity index (χ0n) is 14.6. The first-order valence-electron chi connectivity index (χ1n) is 8.79. The lowest BCUT2D eigenvalue weighted by atomic mass is 9.77. The van der Waals surface area contributed by atoms with Crippen LogP contribution in [0, 0.1) is 5.92 Å². The quantitative estimate of drug-likeness (QED) is 0.833. The van der Waals surface area contributed by atoms with Crippen LogP contribution in [0.1, 0.15) is 49.2 Å². The van der Waals surface area contributed by atoms with Crippen molar-refractivity contribution in [2.45, 2.75) is 44.8 Å². The van der Waals surface area contributed by atoms with E-state index in [1.807, 2.05) is 0 Å². The van der Waals surface area contributed by atoms with Crippen LogP contribution >= 0.6 is 0 Å². The van der Waals surface area contributed by atoms with Gasteiger partial charge in [0, 0.05) is 43.5 Å². The Hall–Kier alpha value is -1.63. The van der Waals surface area contributed by atoms with E-state index in [4.69, 9.17) is 0 Å². The van der Waals surface area contributed by atoms with Crippen LogP contribution in [0.2, 0.25) is 0 Å². The van der Waals surface area contributed by atoms with Crippen molar-refractivity contribution in [2.75, 3.05) is 26.2 Å². The number of halogens is 3. The average Bonchev–Trinajstić information content (AvgIpc) is 2.57. The monoisotopic (exact) mass is 355 g/mol. The molecule has 1 aromatic heterocycles. The Balaban J connectivity index is 1.75. The number of carbonyl (C=O) groups excluding carboxylic acids is 1. The zero-order chi connectivity index (χ0) is 18.2. The van der Waals surface area contributed by atoms with Crippen molar-refractivity contribution in [1.29, 1.82) is 0 Å². The summed E-state index contributed by atoms with van der Waals surface area (Å²) in [6, 6.07) is 2.22. The van der Waals surface area contributed by atoms with Gasteiger partial charge in [0.05, 0.1) is 0 Å². The van der Waals surface area contributed by atoms with Crippen molar-refractivity contribution in [3.8, 4) is 0 Å². The summed E-state index contributed by atoms with van der Waals surface area (Å²) >= 11 is 0. The molecule has 138 valence electrons. The van der Waals surface area contributed by atoms with Crippen LogP contribution < -0.4 is 0 Å². The summed E-state index contributed by atoms with van der Waals surface area (Å²) in [5.41, 5.74) is -0.942. The van der Waals surface area contributed by atoms with Gasteiger partial charge in [-0.05, 0) is 37.3 Å². The molecule has 0 N–H and O–H groups in total. The fourth-order valence-corrected chi connectivity index (χ4v) is 3.96. The van der Waals surface area contributed by atoms with Crippen LogP contribution in [-0.2, 0) is 6.18 Å². The first kappa shape index (κ1) is 18.2. The maximum absolute atomic E-state index is 12.8. The normalized spacial score (nSPS) is 24.6. The van der Waals surface area contributed by atoms with E-state index < -0.39 is 11.9 Å². The second-order valence-electron chi connectivity index (χ2n) is 7.57. The lowest BCUT2D eigenvalue weighted by Crippen LogP contribution is -2.67. The molecule has 0 unspecified atom stereocenters. The molecule has 2 fully saturated rings. The van der Waals surface area contributed by atoms with Crippen LogP contribution in [0.4, 0.5) is 13.2 Å². The fraction of sp³-hybridized carbons (Fsp3) is 0.667. The Morgan fingerprint density at radius 3 is 2.68 bits per heavy atom. The van der Waals surface area contributed by atoms with E-state index in [0.717, 1.165) is 44.6 Å². The summed E-state index contributed by atoms with van der Waals surface area (Å²) < 4.78 is 38.5. The predicted octanol–water partition coefficient (Wildman–Crippen LogP) is 3.44. The zero-order valence-corrected chi connectivity index (χ0v) is 14.6. The summed E-state index contributed by atoms with van der Waals surface area (Å²) in [6.07, 6.45) is -0.496. The molecule has 0 radical (unpaired) electrons. The Morgan fingerprint density at radius 1 is 1.32 bits per heavy atom. The van der Waals surface area contributed by atoms with Crippen LogP contribution in [-0.4, -0.2) is 52.4 Å². The number of carbonyl (C=O) groups is 1. The van der Waals surface area contributed by atoms with Gasteiger partial charge in [0.25, 0.3) is 5.91 Å². The Kier molecular flexibility index (Phi) is 4.79. The number of alkyl halides is 3. The highest BCUT2D eigenvalue weighted by molar-refractivity contribution is 5.94. The van der Waals surface area contributed by atoms with Crippen LogP contribution in [0.3, 0.4) is 0 Å². The van der Waals surface area contributed by atoms with E-state index in [1.165, 1.54) is 6.07 Å². The maximum Gasteiger partial charge on any atom is 0.433 e. The minimum Gasteiger partial charge on any atom is -0.337 e. The first-order chi connectivity index (χ1) is 11.7. The van der Waals surface area contributed by atoms with Crippen molar-refractivity contribution in [3.63, 3.8) is 0 Å². The van der Waals surface area contributed by atoms with Gasteiger partial charge in [-0.2, -0.15) is 13.2 Å². The summed E-state index contributed by atoms with van der Waals surface area (Å²) in [7, 11) is 0. The standard InChI is InChI=1S/C18H24F3N3O/c1-13(2)11-24-9-6-17(24)5-3-8-23(12-17)16(25)14-4-7-22-15(10-14)18(19,20)21/h4,7,10,13H,3,5-6,8-9,11-12H2,1-2H3/t17-/m0/s1. The number of hydrogen-bond acceptors (Lipinski definition) is 3. The maximum atomic E-state index is 12.8. The van der Waals surface area contributed by atoms with Gasteiger partial charge in [0.2, 0.25) is 0 Å². The second kappa shape index (κ2) is 6.59. The molecule has 2 aliphatic heterocycles. The van der Waals surface area contributed by atoms with Gasteiger partial charge in [-0.15, -0.1) is 0 Å². The number of amides is 1. The second-order valence-corrected chi connectivity index (χ2v) is 7.57. The number of piperidine rings is 1. The number of likely N-dealkylation sites (tertiary alicyclic amines) is 2. The van der Waals surface area contributed by atoms with Gasteiger partial charge >= 0.3 is 6.18 Å². The smallest absolute Gasteiger partial charge is 0.337 e. The first-order valence-corrected chi connectivity index (χ1v) is 8.79. The van der Waals surface area contributed by atoms with E-state index in [-0.39, 0.29) is 17.0 Å². The predicted molar refractivity (Wildman–Crippen MR) is 88.1 cm³/mol. The molecule has 2 saturated heterocycles. The molecule has 7 heteroatoms. The van der Waals surface area contributed by atoms with E-state index in [9.17, 15) is 18.0 Å². The minimum atomic E-state index is -4.54. The van der Waals surface area contributed by atoms with Crippen molar-refractivity contribution in [1.82, 2.24) is 14.8 Å². The molecule has 0 aromatic carbocycles. The third kappa shape index (κ3) is 3.66. The highest BCUT2D eigenvalue weighted by Gasteiger charge is 2.48. The summed E-state index contributed by atoms with van der Waals surface area (Å²) in [5, 5.41) is 0. The topological polar surface area (TPSA) is 36.4 Å². The van der Waals surface area contributed by atoms with Crippen molar-refractivity contribution in [2.24, 2.45) is 5.92 Å². The fourth-order valence-electron chi connectivity index (χ4n) is 3.96. The average molecular weight is 355 g/mol. The molecule has 2 aliphatic rings. The molecular weight excluding hydrogens is 331 g/mol. The molecule has 3 rings (SSSR count). The molecular formula is C18H24F3N3O. The highest BCUT2D eigenvalue weighted by Crippen LogP contribution is 2.39. The third-order valence-electron chi connectivity index (χ3n) is 5.24. The Morgan fingerprint density at radius 2 is 2.08 bits per heavy atom. The SMILES string of the molecule is CC(C)CN1CC[C@]12CCCN(C(=O)c1ccnc(C(F)(F)F)c1)C2. The lowest BCUT2D eigenvalue weighted by Gasteiger charge is -2.57. The van der Waals surface area contributed by atoms with Crippen molar-refractivity contribution < 1.29 is 18.0 Å². The highest BCUT2D eigenvalue weighted by atomic mass is 19.4. The third-order valence-corrected chi connectivity index (χ3v) is 5.24. The van der Waals surface area contributed by atoms with Gasteiger partial charge in [-0.25, -0.2) is 0 Å². The number of rotatable bonds is 3. The van der Waals surface area contributed by atoms with Gasteiger partial charge in [0.1, 0.15) is 5.69 Å². The summed E-state index contributed by atoms with van der Waals surface area (Å²) in [5.74, 6) is 0.223. The molecule has 1 amide bonds. The van der Waals surface area contributed by atoms with Crippen molar-refractivity contribution >= 4 is 5.91 Å². The molecule has 1 aromatic rings. The lowest BCUT2D eigenvalue weighted by molar-refractivity contribution is -0.141. The van der Waals surface area contributed by atoms with E-state index in [0.29, 0.717) is 19.0 Å². The molecule has 0 bridgehead atoms. The molecule has 0 saturated carbocycles.